The van der Waals surface area contributed by atoms with E-state index in [0.29, 0.717) is 6.04 Å². The Morgan fingerprint density at radius 3 is 2.56 bits per heavy atom. The molecule has 1 unspecified atom stereocenters. The number of rotatable bonds is 6. The third kappa shape index (κ3) is 4.96. The van der Waals surface area contributed by atoms with E-state index < -0.39 is 0 Å². The van der Waals surface area contributed by atoms with Gasteiger partial charge in [-0.25, -0.2) is 4.79 Å². The Labute approximate surface area is 160 Å². The number of nitrogens with one attached hydrogen (secondary N) is 1. The van der Waals surface area contributed by atoms with Gasteiger partial charge in [0.2, 0.25) is 0 Å². The zero-order valence-electron chi connectivity index (χ0n) is 15.8. The molecule has 1 aliphatic carbocycles. The lowest BCUT2D eigenvalue weighted by Crippen LogP contribution is -2.32. The van der Waals surface area contributed by atoms with E-state index in [2.05, 4.69) is 27.3 Å². The van der Waals surface area contributed by atoms with Crippen molar-refractivity contribution in [1.29, 1.82) is 0 Å². The van der Waals surface area contributed by atoms with Crippen molar-refractivity contribution >= 4 is 5.82 Å². The van der Waals surface area contributed by atoms with Crippen LogP contribution in [0.2, 0.25) is 0 Å². The highest BCUT2D eigenvalue weighted by atomic mass is 16.1. The molecular weight excluding hydrogens is 338 g/mol. The van der Waals surface area contributed by atoms with Gasteiger partial charge in [0, 0.05) is 24.8 Å². The fourth-order valence-corrected chi connectivity index (χ4v) is 3.85. The highest BCUT2D eigenvalue weighted by molar-refractivity contribution is 5.36. The Balaban J connectivity index is 1.30. The molecular formula is C21H29N5O. The summed E-state index contributed by atoms with van der Waals surface area (Å²) in [4.78, 5) is 18.3. The number of anilines is 1. The monoisotopic (exact) mass is 367 g/mol. The molecule has 2 heterocycles. The maximum atomic E-state index is 11.9. The third-order valence-corrected chi connectivity index (χ3v) is 5.63. The van der Waals surface area contributed by atoms with E-state index in [1.54, 1.807) is 12.3 Å². The van der Waals surface area contributed by atoms with Crippen LogP contribution in [0, 0.1) is 0 Å². The van der Waals surface area contributed by atoms with Crippen LogP contribution < -0.4 is 16.7 Å². The van der Waals surface area contributed by atoms with Crippen LogP contribution in [0.3, 0.4) is 0 Å². The minimum absolute atomic E-state index is 0.250. The fraction of sp³-hybridized carbons (Fsp3) is 0.524. The molecule has 6 nitrogen and oxygen atoms in total. The summed E-state index contributed by atoms with van der Waals surface area (Å²) < 4.78 is 1.52. The summed E-state index contributed by atoms with van der Waals surface area (Å²) in [6, 6.07) is 11.3. The molecule has 0 bridgehead atoms. The molecule has 1 aromatic carbocycles. The van der Waals surface area contributed by atoms with Crippen molar-refractivity contribution in [3.05, 3.63) is 52.6 Å². The standard InChI is InChI=1S/C21H29N5O/c22-20-11-15-26(21(27)24-20)19-7-3-16(4-8-19)9-13-25-12-1-2-17(10-14-25)23-18-5-6-18/h3-4,7-8,11,15,17-18,23H,1-2,5-6,9-10,12-14H2,(H2,22,24,27). The maximum absolute atomic E-state index is 11.9. The van der Waals surface area contributed by atoms with Gasteiger partial charge in [0.1, 0.15) is 5.82 Å². The molecule has 6 heteroatoms. The largest absolute Gasteiger partial charge is 0.383 e. The molecule has 2 aromatic rings. The molecule has 0 spiro atoms. The molecule has 3 N–H and O–H groups in total. The number of benzene rings is 1. The number of likely N-dealkylation sites (tertiary alicyclic amines) is 1. The molecule has 1 atom stereocenters. The zero-order valence-corrected chi connectivity index (χ0v) is 15.8. The lowest BCUT2D eigenvalue weighted by Gasteiger charge is -2.20. The van der Waals surface area contributed by atoms with E-state index >= 15 is 0 Å². The molecule has 144 valence electrons. The average Bonchev–Trinajstić information content (AvgIpc) is 3.49. The second-order valence-corrected chi connectivity index (χ2v) is 7.83. The van der Waals surface area contributed by atoms with E-state index in [9.17, 15) is 4.79 Å². The number of nitrogens with zero attached hydrogens (tertiary/aromatic N) is 3. The maximum Gasteiger partial charge on any atom is 0.354 e. The van der Waals surface area contributed by atoms with E-state index in [0.717, 1.165) is 24.7 Å². The Bertz CT molecular complexity index is 812. The van der Waals surface area contributed by atoms with Gasteiger partial charge in [-0.1, -0.05) is 12.1 Å². The first-order valence-corrected chi connectivity index (χ1v) is 10.1. The summed E-state index contributed by atoms with van der Waals surface area (Å²) in [7, 11) is 0. The normalized spacial score (nSPS) is 21.1. The number of hydrogen-bond acceptors (Lipinski definition) is 5. The molecule has 2 aliphatic rings. The van der Waals surface area contributed by atoms with Gasteiger partial charge in [-0.15, -0.1) is 0 Å². The van der Waals surface area contributed by atoms with E-state index in [4.69, 9.17) is 5.73 Å². The van der Waals surface area contributed by atoms with Gasteiger partial charge in [-0.2, -0.15) is 4.98 Å². The van der Waals surface area contributed by atoms with Crippen LogP contribution >= 0.6 is 0 Å². The number of nitrogens with two attached hydrogens (primary N) is 1. The molecule has 0 amide bonds. The first-order valence-electron chi connectivity index (χ1n) is 10.1. The van der Waals surface area contributed by atoms with Crippen LogP contribution in [-0.2, 0) is 6.42 Å². The molecule has 1 saturated heterocycles. The molecule has 1 aromatic heterocycles. The second kappa shape index (κ2) is 8.23. The molecule has 4 rings (SSSR count). The van der Waals surface area contributed by atoms with Crippen molar-refractivity contribution in [2.45, 2.75) is 50.6 Å². The van der Waals surface area contributed by atoms with Crippen molar-refractivity contribution in [1.82, 2.24) is 19.8 Å². The van der Waals surface area contributed by atoms with Gasteiger partial charge in [-0.3, -0.25) is 4.57 Å². The van der Waals surface area contributed by atoms with E-state index in [1.165, 1.54) is 55.3 Å². The molecule has 1 saturated carbocycles. The van der Waals surface area contributed by atoms with Crippen molar-refractivity contribution in [2.24, 2.45) is 0 Å². The first kappa shape index (κ1) is 18.2. The minimum atomic E-state index is -0.346. The smallest absolute Gasteiger partial charge is 0.354 e. The topological polar surface area (TPSA) is 76.2 Å². The predicted octanol–water partition coefficient (Wildman–Crippen LogP) is 1.96. The summed E-state index contributed by atoms with van der Waals surface area (Å²) in [6.07, 6.45) is 9.31. The molecule has 1 aliphatic heterocycles. The summed E-state index contributed by atoms with van der Waals surface area (Å²) >= 11 is 0. The minimum Gasteiger partial charge on any atom is -0.383 e. The van der Waals surface area contributed by atoms with Gasteiger partial charge in [0.15, 0.2) is 0 Å². The SMILES string of the molecule is Nc1ccn(-c2ccc(CCN3CCCC(NC4CC4)CC3)cc2)c(=O)n1. The quantitative estimate of drug-likeness (QED) is 0.816. The Morgan fingerprint density at radius 2 is 1.81 bits per heavy atom. The fourth-order valence-electron chi connectivity index (χ4n) is 3.85. The van der Waals surface area contributed by atoms with Crippen LogP contribution in [-0.4, -0.2) is 46.2 Å². The summed E-state index contributed by atoms with van der Waals surface area (Å²) in [5.74, 6) is 0.250. The lowest BCUT2D eigenvalue weighted by molar-refractivity contribution is 0.285. The Kier molecular flexibility index (Phi) is 5.55. The van der Waals surface area contributed by atoms with Crippen LogP contribution in [0.15, 0.2) is 41.3 Å². The molecule has 2 fully saturated rings. The first-order chi connectivity index (χ1) is 13.2. The Hall–Kier alpha value is -2.18. The second-order valence-electron chi connectivity index (χ2n) is 7.83. The Morgan fingerprint density at radius 1 is 1.04 bits per heavy atom. The van der Waals surface area contributed by atoms with Crippen molar-refractivity contribution < 1.29 is 0 Å². The van der Waals surface area contributed by atoms with Crippen LogP contribution in [0.5, 0.6) is 0 Å². The summed E-state index contributed by atoms with van der Waals surface area (Å²) in [6.45, 7) is 3.49. The predicted molar refractivity (Wildman–Crippen MR) is 108 cm³/mol. The van der Waals surface area contributed by atoms with Crippen LogP contribution in [0.1, 0.15) is 37.7 Å². The summed E-state index contributed by atoms with van der Waals surface area (Å²) in [5.41, 5.74) is 7.33. The van der Waals surface area contributed by atoms with Crippen molar-refractivity contribution in [3.8, 4) is 5.69 Å². The van der Waals surface area contributed by atoms with Crippen LogP contribution in [0.4, 0.5) is 5.82 Å². The number of aromatic nitrogens is 2. The highest BCUT2D eigenvalue weighted by Crippen LogP contribution is 2.22. The van der Waals surface area contributed by atoms with Crippen LogP contribution in [0.25, 0.3) is 5.69 Å². The van der Waals surface area contributed by atoms with E-state index in [-0.39, 0.29) is 11.5 Å². The average molecular weight is 367 g/mol. The van der Waals surface area contributed by atoms with Gasteiger partial charge < -0.3 is 16.0 Å². The highest BCUT2D eigenvalue weighted by Gasteiger charge is 2.25. The van der Waals surface area contributed by atoms with Gasteiger partial charge in [0.05, 0.1) is 5.69 Å². The molecule has 0 radical (unpaired) electrons. The number of nitrogen functional groups attached to an aromatic ring is 1. The van der Waals surface area contributed by atoms with E-state index in [1.807, 2.05) is 12.1 Å². The lowest BCUT2D eigenvalue weighted by atomic mass is 10.1. The summed E-state index contributed by atoms with van der Waals surface area (Å²) in [5, 5.41) is 3.79. The zero-order chi connectivity index (χ0) is 18.6. The van der Waals surface area contributed by atoms with Gasteiger partial charge >= 0.3 is 5.69 Å². The number of hydrogen-bond donors (Lipinski definition) is 2. The molecule has 27 heavy (non-hydrogen) atoms. The van der Waals surface area contributed by atoms with Gasteiger partial charge in [0.25, 0.3) is 0 Å². The van der Waals surface area contributed by atoms with Gasteiger partial charge in [-0.05, 0) is 75.4 Å². The third-order valence-electron chi connectivity index (χ3n) is 5.63. The van der Waals surface area contributed by atoms with Crippen molar-refractivity contribution in [3.63, 3.8) is 0 Å². The van der Waals surface area contributed by atoms with Crippen molar-refractivity contribution in [2.75, 3.05) is 25.4 Å².